The summed E-state index contributed by atoms with van der Waals surface area (Å²) in [5, 5.41) is 5.30. The maximum absolute atomic E-state index is 12.3. The van der Waals surface area contributed by atoms with Crippen molar-refractivity contribution in [1.82, 2.24) is 10.6 Å². The van der Waals surface area contributed by atoms with Crippen LogP contribution in [0, 0.1) is 5.92 Å². The Morgan fingerprint density at radius 2 is 1.68 bits per heavy atom. The minimum absolute atomic E-state index is 0.293. The van der Waals surface area contributed by atoms with Gasteiger partial charge in [0.05, 0.1) is 6.61 Å². The SMILES string of the molecule is CCOC(=O)/C=C/C(CC(C)C)NC(=O)C(C)NC(=O)OC(C)(C)C. The number of ether oxygens (including phenoxy) is 2. The fraction of sp³-hybridized carbons (Fsp3) is 0.722. The Hall–Kier alpha value is -2.05. The third-order valence-corrected chi connectivity index (χ3v) is 2.93. The third kappa shape index (κ3) is 12.0. The van der Waals surface area contributed by atoms with Crippen LogP contribution in [0.5, 0.6) is 0 Å². The second kappa shape index (κ2) is 10.7. The number of carbonyl (C=O) groups excluding carboxylic acids is 3. The van der Waals surface area contributed by atoms with Crippen molar-refractivity contribution in [2.45, 2.75) is 72.6 Å². The molecule has 0 radical (unpaired) electrons. The quantitative estimate of drug-likeness (QED) is 0.515. The van der Waals surface area contributed by atoms with Crippen LogP contribution in [0.15, 0.2) is 12.2 Å². The summed E-state index contributed by atoms with van der Waals surface area (Å²) in [7, 11) is 0. The normalized spacial score (nSPS) is 14.1. The van der Waals surface area contributed by atoms with Crippen LogP contribution >= 0.6 is 0 Å². The van der Waals surface area contributed by atoms with Crippen LogP contribution in [0.2, 0.25) is 0 Å². The molecular weight excluding hydrogens is 324 g/mol. The molecule has 0 bridgehead atoms. The molecule has 0 aliphatic heterocycles. The first-order valence-electron chi connectivity index (χ1n) is 8.59. The molecular formula is C18H32N2O5. The van der Waals surface area contributed by atoms with Gasteiger partial charge in [-0.25, -0.2) is 9.59 Å². The highest BCUT2D eigenvalue weighted by molar-refractivity contribution is 5.86. The van der Waals surface area contributed by atoms with Crippen molar-refractivity contribution in [2.75, 3.05) is 6.61 Å². The highest BCUT2D eigenvalue weighted by atomic mass is 16.6. The first-order chi connectivity index (χ1) is 11.4. The van der Waals surface area contributed by atoms with E-state index in [4.69, 9.17) is 9.47 Å². The van der Waals surface area contributed by atoms with Crippen LogP contribution in [-0.2, 0) is 19.1 Å². The Bertz CT molecular complexity index is 480. The van der Waals surface area contributed by atoms with Crippen molar-refractivity contribution in [3.8, 4) is 0 Å². The number of carbonyl (C=O) groups is 3. The van der Waals surface area contributed by atoms with E-state index in [2.05, 4.69) is 10.6 Å². The van der Waals surface area contributed by atoms with Crippen LogP contribution in [0.25, 0.3) is 0 Å². The first-order valence-corrected chi connectivity index (χ1v) is 8.59. The summed E-state index contributed by atoms with van der Waals surface area (Å²) in [6.45, 7) is 12.9. The minimum Gasteiger partial charge on any atom is -0.463 e. The zero-order valence-electron chi connectivity index (χ0n) is 16.3. The number of amides is 2. The molecule has 2 N–H and O–H groups in total. The zero-order valence-corrected chi connectivity index (χ0v) is 16.3. The number of alkyl carbamates (subject to hydrolysis) is 1. The Balaban J connectivity index is 4.73. The van der Waals surface area contributed by atoms with E-state index in [9.17, 15) is 14.4 Å². The summed E-state index contributed by atoms with van der Waals surface area (Å²) in [4.78, 5) is 35.4. The van der Waals surface area contributed by atoms with Gasteiger partial charge in [0, 0.05) is 12.1 Å². The van der Waals surface area contributed by atoms with Gasteiger partial charge in [0.15, 0.2) is 0 Å². The molecule has 0 aromatic heterocycles. The summed E-state index contributed by atoms with van der Waals surface area (Å²) < 4.78 is 9.97. The van der Waals surface area contributed by atoms with E-state index in [1.165, 1.54) is 6.08 Å². The average molecular weight is 356 g/mol. The van der Waals surface area contributed by atoms with E-state index in [-0.39, 0.29) is 11.9 Å². The van der Waals surface area contributed by atoms with Crippen LogP contribution in [0.1, 0.15) is 54.9 Å². The standard InChI is InChI=1S/C18H32N2O5/c1-8-24-15(21)10-9-14(11-12(2)3)20-16(22)13(4)19-17(23)25-18(5,6)7/h9-10,12-14H,8,11H2,1-7H3,(H,19,23)(H,20,22)/b10-9+. The van der Waals surface area contributed by atoms with E-state index < -0.39 is 23.7 Å². The summed E-state index contributed by atoms with van der Waals surface area (Å²) in [5.74, 6) is -0.498. The van der Waals surface area contributed by atoms with Gasteiger partial charge in [-0.2, -0.15) is 0 Å². The molecule has 0 aliphatic carbocycles. The number of hydrogen-bond acceptors (Lipinski definition) is 5. The van der Waals surface area contributed by atoms with Gasteiger partial charge in [-0.15, -0.1) is 0 Å². The van der Waals surface area contributed by atoms with E-state index in [0.29, 0.717) is 18.9 Å². The summed E-state index contributed by atoms with van der Waals surface area (Å²) in [6, 6.07) is -1.10. The summed E-state index contributed by atoms with van der Waals surface area (Å²) in [6.07, 6.45) is 2.91. The maximum atomic E-state index is 12.3. The van der Waals surface area contributed by atoms with E-state index in [1.54, 1.807) is 40.7 Å². The van der Waals surface area contributed by atoms with Crippen molar-refractivity contribution >= 4 is 18.0 Å². The fourth-order valence-corrected chi connectivity index (χ4v) is 1.94. The van der Waals surface area contributed by atoms with Crippen molar-refractivity contribution in [2.24, 2.45) is 5.92 Å². The molecule has 0 spiro atoms. The molecule has 7 nitrogen and oxygen atoms in total. The highest BCUT2D eigenvalue weighted by Gasteiger charge is 2.22. The first kappa shape index (κ1) is 22.9. The van der Waals surface area contributed by atoms with Gasteiger partial charge >= 0.3 is 12.1 Å². The molecule has 0 aliphatic rings. The lowest BCUT2D eigenvalue weighted by atomic mass is 10.0. The predicted molar refractivity (Wildman–Crippen MR) is 96.0 cm³/mol. The molecule has 7 heteroatoms. The lowest BCUT2D eigenvalue weighted by Gasteiger charge is -2.23. The molecule has 0 saturated heterocycles. The summed E-state index contributed by atoms with van der Waals surface area (Å²) in [5.41, 5.74) is -0.636. The Labute approximate surface area is 150 Å². The van der Waals surface area contributed by atoms with Gasteiger partial charge in [0.1, 0.15) is 11.6 Å². The molecule has 25 heavy (non-hydrogen) atoms. The molecule has 0 heterocycles. The van der Waals surface area contributed by atoms with E-state index in [1.807, 2.05) is 13.8 Å². The van der Waals surface area contributed by atoms with Gasteiger partial charge in [-0.1, -0.05) is 19.9 Å². The molecule has 0 rings (SSSR count). The monoisotopic (exact) mass is 356 g/mol. The van der Waals surface area contributed by atoms with Gasteiger partial charge in [-0.3, -0.25) is 4.79 Å². The largest absolute Gasteiger partial charge is 0.463 e. The number of esters is 1. The fourth-order valence-electron chi connectivity index (χ4n) is 1.94. The van der Waals surface area contributed by atoms with Crippen LogP contribution in [-0.4, -0.2) is 42.3 Å². The molecule has 2 atom stereocenters. The Morgan fingerprint density at radius 3 is 2.16 bits per heavy atom. The van der Waals surface area contributed by atoms with Crippen LogP contribution < -0.4 is 10.6 Å². The average Bonchev–Trinajstić information content (AvgIpc) is 2.42. The predicted octanol–water partition coefficient (Wildman–Crippen LogP) is 2.55. The molecule has 2 unspecified atom stereocenters. The number of rotatable bonds is 8. The topological polar surface area (TPSA) is 93.7 Å². The van der Waals surface area contributed by atoms with Crippen LogP contribution in [0.3, 0.4) is 0 Å². The Kier molecular flexibility index (Phi) is 9.86. The summed E-state index contributed by atoms with van der Waals surface area (Å²) >= 11 is 0. The van der Waals surface area contributed by atoms with Crippen molar-refractivity contribution in [3.63, 3.8) is 0 Å². The van der Waals surface area contributed by atoms with Crippen LogP contribution in [0.4, 0.5) is 4.79 Å². The zero-order chi connectivity index (χ0) is 19.6. The number of hydrogen-bond donors (Lipinski definition) is 2. The van der Waals surface area contributed by atoms with Gasteiger partial charge in [-0.05, 0) is 47.0 Å². The second-order valence-corrected chi connectivity index (χ2v) is 7.22. The molecule has 2 amide bonds. The van der Waals surface area contributed by atoms with Crippen molar-refractivity contribution < 1.29 is 23.9 Å². The third-order valence-electron chi connectivity index (χ3n) is 2.93. The number of nitrogens with one attached hydrogen (secondary N) is 2. The minimum atomic E-state index is -0.763. The lowest BCUT2D eigenvalue weighted by Crippen LogP contribution is -2.49. The molecule has 0 fully saturated rings. The second-order valence-electron chi connectivity index (χ2n) is 7.22. The molecule has 0 aromatic rings. The van der Waals surface area contributed by atoms with Gasteiger partial charge in [0.2, 0.25) is 5.91 Å². The van der Waals surface area contributed by atoms with Crippen molar-refractivity contribution in [3.05, 3.63) is 12.2 Å². The van der Waals surface area contributed by atoms with Gasteiger partial charge < -0.3 is 20.1 Å². The molecule has 144 valence electrons. The Morgan fingerprint density at radius 1 is 1.08 bits per heavy atom. The molecule has 0 saturated carbocycles. The lowest BCUT2D eigenvalue weighted by molar-refractivity contribution is -0.137. The molecule has 0 aromatic carbocycles. The van der Waals surface area contributed by atoms with E-state index in [0.717, 1.165) is 0 Å². The highest BCUT2D eigenvalue weighted by Crippen LogP contribution is 2.08. The van der Waals surface area contributed by atoms with Crippen molar-refractivity contribution in [1.29, 1.82) is 0 Å². The smallest absolute Gasteiger partial charge is 0.408 e. The van der Waals surface area contributed by atoms with Gasteiger partial charge in [0.25, 0.3) is 0 Å². The van der Waals surface area contributed by atoms with E-state index >= 15 is 0 Å². The maximum Gasteiger partial charge on any atom is 0.408 e.